The van der Waals surface area contributed by atoms with Gasteiger partial charge in [0.25, 0.3) is 11.8 Å². The van der Waals surface area contributed by atoms with Crippen LogP contribution >= 0.6 is 0 Å². The van der Waals surface area contributed by atoms with Crippen LogP contribution in [0.4, 0.5) is 5.69 Å². The van der Waals surface area contributed by atoms with Crippen LogP contribution in [0.2, 0.25) is 0 Å². The van der Waals surface area contributed by atoms with Crippen molar-refractivity contribution in [3.05, 3.63) is 72.3 Å². The molecular weight excluding hydrogens is 342 g/mol. The predicted molar refractivity (Wildman–Crippen MR) is 94.7 cm³/mol. The maximum absolute atomic E-state index is 12.3. The Hall–Kier alpha value is -2.97. The van der Waals surface area contributed by atoms with E-state index in [9.17, 15) is 18.0 Å². The third kappa shape index (κ3) is 4.52. The van der Waals surface area contributed by atoms with Gasteiger partial charge in [-0.05, 0) is 36.4 Å². The second-order valence-electron chi connectivity index (χ2n) is 5.03. The number of nitrogens with two attached hydrogens (primary N) is 1. The largest absolute Gasteiger partial charge is 0.366 e. The topological polar surface area (TPSA) is 118 Å². The quantitative estimate of drug-likeness (QED) is 0.649. The second kappa shape index (κ2) is 7.73. The number of amides is 2. The Labute approximate surface area is 145 Å². The van der Waals surface area contributed by atoms with E-state index in [2.05, 4.69) is 16.6 Å². The van der Waals surface area contributed by atoms with Crippen LogP contribution in [0.5, 0.6) is 0 Å². The summed E-state index contributed by atoms with van der Waals surface area (Å²) in [6.07, 6.45) is 1.43. The summed E-state index contributed by atoms with van der Waals surface area (Å²) in [6, 6.07) is 11.7. The maximum atomic E-state index is 12.3. The van der Waals surface area contributed by atoms with Crippen LogP contribution in [0.15, 0.2) is 66.1 Å². The van der Waals surface area contributed by atoms with Gasteiger partial charge in [-0.25, -0.2) is 13.1 Å². The van der Waals surface area contributed by atoms with Gasteiger partial charge in [0, 0.05) is 12.1 Å². The summed E-state index contributed by atoms with van der Waals surface area (Å²) in [6.45, 7) is 3.55. The highest BCUT2D eigenvalue weighted by atomic mass is 32.2. The lowest BCUT2D eigenvalue weighted by atomic mass is 10.1. The number of hydrogen-bond acceptors (Lipinski definition) is 4. The molecule has 0 bridgehead atoms. The molecule has 130 valence electrons. The fourth-order valence-electron chi connectivity index (χ4n) is 2.04. The highest BCUT2D eigenvalue weighted by molar-refractivity contribution is 7.89. The van der Waals surface area contributed by atoms with Crippen molar-refractivity contribution in [3.8, 4) is 0 Å². The van der Waals surface area contributed by atoms with Crippen LogP contribution in [-0.4, -0.2) is 26.8 Å². The predicted octanol–water partition coefficient (Wildman–Crippen LogP) is 1.50. The van der Waals surface area contributed by atoms with Gasteiger partial charge in [0.2, 0.25) is 10.0 Å². The molecular formula is C17H17N3O4S. The number of sulfonamides is 1. The number of carbonyl (C=O) groups is 2. The Morgan fingerprint density at radius 3 is 2.32 bits per heavy atom. The summed E-state index contributed by atoms with van der Waals surface area (Å²) in [5, 5.41) is 2.58. The summed E-state index contributed by atoms with van der Waals surface area (Å²) >= 11 is 0. The smallest absolute Gasteiger partial charge is 0.255 e. The van der Waals surface area contributed by atoms with Gasteiger partial charge in [-0.2, -0.15) is 0 Å². The van der Waals surface area contributed by atoms with Gasteiger partial charge in [0.05, 0.1) is 16.1 Å². The highest BCUT2D eigenvalue weighted by Crippen LogP contribution is 2.16. The number of hydrogen-bond donors (Lipinski definition) is 3. The van der Waals surface area contributed by atoms with E-state index in [1.165, 1.54) is 36.4 Å². The summed E-state index contributed by atoms with van der Waals surface area (Å²) in [5.74, 6) is -1.15. The van der Waals surface area contributed by atoms with E-state index in [-0.39, 0.29) is 28.3 Å². The van der Waals surface area contributed by atoms with Crippen molar-refractivity contribution < 1.29 is 18.0 Å². The van der Waals surface area contributed by atoms with Gasteiger partial charge < -0.3 is 11.1 Å². The van der Waals surface area contributed by atoms with Crippen molar-refractivity contribution in [1.29, 1.82) is 0 Å². The second-order valence-corrected chi connectivity index (χ2v) is 6.80. The van der Waals surface area contributed by atoms with Crippen molar-refractivity contribution in [2.45, 2.75) is 4.90 Å². The molecule has 0 aliphatic carbocycles. The number of nitrogens with one attached hydrogen (secondary N) is 2. The fraction of sp³-hybridized carbons (Fsp3) is 0.0588. The Morgan fingerprint density at radius 2 is 1.72 bits per heavy atom. The van der Waals surface area contributed by atoms with E-state index in [0.29, 0.717) is 0 Å². The lowest BCUT2D eigenvalue weighted by molar-refractivity contribution is 0.100. The molecule has 0 radical (unpaired) electrons. The molecule has 0 heterocycles. The van der Waals surface area contributed by atoms with Gasteiger partial charge in [0.1, 0.15) is 0 Å². The number of benzene rings is 2. The van der Waals surface area contributed by atoms with Gasteiger partial charge in [0.15, 0.2) is 0 Å². The van der Waals surface area contributed by atoms with Crippen LogP contribution in [-0.2, 0) is 10.0 Å². The first-order valence-electron chi connectivity index (χ1n) is 7.26. The Balaban J connectivity index is 2.19. The molecule has 2 aromatic carbocycles. The van der Waals surface area contributed by atoms with Crippen LogP contribution in [0.1, 0.15) is 20.7 Å². The average Bonchev–Trinajstić information content (AvgIpc) is 2.60. The number of anilines is 1. The van der Waals surface area contributed by atoms with Crippen molar-refractivity contribution in [2.24, 2.45) is 5.73 Å². The molecule has 0 saturated heterocycles. The van der Waals surface area contributed by atoms with Crippen LogP contribution < -0.4 is 15.8 Å². The molecule has 0 saturated carbocycles. The van der Waals surface area contributed by atoms with Crippen molar-refractivity contribution in [1.82, 2.24) is 4.72 Å². The monoisotopic (exact) mass is 359 g/mol. The van der Waals surface area contributed by atoms with Gasteiger partial charge >= 0.3 is 0 Å². The average molecular weight is 359 g/mol. The molecule has 25 heavy (non-hydrogen) atoms. The first-order valence-corrected chi connectivity index (χ1v) is 8.74. The molecule has 2 aromatic rings. The van der Waals surface area contributed by atoms with E-state index in [1.807, 2.05) is 0 Å². The number of primary amides is 1. The molecule has 0 aliphatic heterocycles. The van der Waals surface area contributed by atoms with Gasteiger partial charge in [-0.1, -0.05) is 18.2 Å². The molecule has 0 fully saturated rings. The molecule has 8 heteroatoms. The Kier molecular flexibility index (Phi) is 5.68. The Bertz CT molecular complexity index is 906. The van der Waals surface area contributed by atoms with Crippen molar-refractivity contribution in [2.75, 3.05) is 11.9 Å². The maximum Gasteiger partial charge on any atom is 0.255 e. The first-order chi connectivity index (χ1) is 11.8. The summed E-state index contributed by atoms with van der Waals surface area (Å²) in [5.41, 5.74) is 5.97. The van der Waals surface area contributed by atoms with E-state index < -0.39 is 21.8 Å². The Morgan fingerprint density at radius 1 is 1.08 bits per heavy atom. The molecule has 2 amide bonds. The molecule has 7 nitrogen and oxygen atoms in total. The molecule has 0 atom stereocenters. The van der Waals surface area contributed by atoms with E-state index >= 15 is 0 Å². The van der Waals surface area contributed by atoms with Crippen LogP contribution in [0.25, 0.3) is 0 Å². The van der Waals surface area contributed by atoms with Crippen LogP contribution in [0, 0.1) is 0 Å². The summed E-state index contributed by atoms with van der Waals surface area (Å²) < 4.78 is 26.3. The lowest BCUT2D eigenvalue weighted by Gasteiger charge is -2.09. The number of para-hydroxylation sites is 1. The van der Waals surface area contributed by atoms with Gasteiger partial charge in [-0.15, -0.1) is 6.58 Å². The van der Waals surface area contributed by atoms with E-state index in [0.717, 1.165) is 0 Å². The SMILES string of the molecule is C=CCNS(=O)(=O)c1ccc(C(=O)Nc2ccccc2C(N)=O)cc1. The van der Waals surface area contributed by atoms with Gasteiger partial charge in [-0.3, -0.25) is 9.59 Å². The zero-order valence-electron chi connectivity index (χ0n) is 13.2. The third-order valence-corrected chi connectivity index (χ3v) is 4.72. The number of rotatable bonds is 7. The third-order valence-electron chi connectivity index (χ3n) is 3.29. The molecule has 0 aliphatic rings. The lowest BCUT2D eigenvalue weighted by Crippen LogP contribution is -2.23. The molecule has 0 spiro atoms. The van der Waals surface area contributed by atoms with Crippen molar-refractivity contribution >= 4 is 27.5 Å². The number of carbonyl (C=O) groups excluding carboxylic acids is 2. The summed E-state index contributed by atoms with van der Waals surface area (Å²) in [4.78, 5) is 23.7. The summed E-state index contributed by atoms with van der Waals surface area (Å²) in [7, 11) is -3.66. The zero-order valence-corrected chi connectivity index (χ0v) is 14.0. The van der Waals surface area contributed by atoms with Crippen LogP contribution in [0.3, 0.4) is 0 Å². The highest BCUT2D eigenvalue weighted by Gasteiger charge is 2.15. The molecule has 4 N–H and O–H groups in total. The minimum Gasteiger partial charge on any atom is -0.366 e. The first kappa shape index (κ1) is 18.4. The molecule has 0 unspecified atom stereocenters. The van der Waals surface area contributed by atoms with Crippen molar-refractivity contribution in [3.63, 3.8) is 0 Å². The molecule has 0 aromatic heterocycles. The molecule has 2 rings (SSSR count). The van der Waals surface area contributed by atoms with E-state index in [4.69, 9.17) is 5.73 Å². The zero-order chi connectivity index (χ0) is 18.4. The fourth-order valence-corrected chi connectivity index (χ4v) is 3.04. The minimum atomic E-state index is -3.66. The standard InChI is InChI=1S/C17H17N3O4S/c1-2-11-19-25(23,24)13-9-7-12(8-10-13)17(22)20-15-6-4-3-5-14(15)16(18)21/h2-10,19H,1,11H2,(H2,18,21)(H,20,22). The van der Waals surface area contributed by atoms with E-state index in [1.54, 1.807) is 18.2 Å². The normalized spacial score (nSPS) is 10.9. The minimum absolute atomic E-state index is 0.0310.